The molecule has 3 unspecified atom stereocenters. The summed E-state index contributed by atoms with van der Waals surface area (Å²) in [4.78, 5) is 11.5. The predicted octanol–water partition coefficient (Wildman–Crippen LogP) is 2.94. The average Bonchev–Trinajstić information content (AvgIpc) is 2.37. The van der Waals surface area contributed by atoms with Crippen molar-refractivity contribution in [3.8, 4) is 0 Å². The first-order valence-corrected chi connectivity index (χ1v) is 6.97. The zero-order valence-electron chi connectivity index (χ0n) is 10.3. The van der Waals surface area contributed by atoms with Crippen molar-refractivity contribution in [2.24, 2.45) is 23.5 Å². The van der Waals surface area contributed by atoms with E-state index in [2.05, 4.69) is 12.2 Å². The van der Waals surface area contributed by atoms with Crippen LogP contribution >= 0.6 is 0 Å². The molecule has 3 rings (SSSR count). The summed E-state index contributed by atoms with van der Waals surface area (Å²) in [6.07, 6.45) is 13.2. The van der Waals surface area contributed by atoms with E-state index >= 15 is 0 Å². The molecule has 0 aromatic carbocycles. The minimum atomic E-state index is -0.117. The molecule has 2 nitrogen and oxygen atoms in total. The molecule has 0 radical (unpaired) electrons. The summed E-state index contributed by atoms with van der Waals surface area (Å²) >= 11 is 0. The molecule has 3 atom stereocenters. The fourth-order valence-corrected chi connectivity index (χ4v) is 4.05. The van der Waals surface area contributed by atoms with Crippen molar-refractivity contribution >= 4 is 5.91 Å². The first-order chi connectivity index (χ1) is 8.27. The van der Waals surface area contributed by atoms with E-state index in [1.165, 1.54) is 44.1 Å². The van der Waals surface area contributed by atoms with Gasteiger partial charge in [0, 0.05) is 0 Å². The van der Waals surface area contributed by atoms with Gasteiger partial charge in [-0.2, -0.15) is 0 Å². The minimum Gasteiger partial charge on any atom is -0.369 e. The molecule has 0 aromatic heterocycles. The number of allylic oxidation sites excluding steroid dienone is 3. The molecule has 92 valence electrons. The molecule has 0 spiro atoms. The van der Waals surface area contributed by atoms with Crippen molar-refractivity contribution in [1.29, 1.82) is 0 Å². The third-order valence-corrected chi connectivity index (χ3v) is 4.86. The molecule has 0 bridgehead atoms. The first kappa shape index (κ1) is 11.1. The summed E-state index contributed by atoms with van der Waals surface area (Å²) in [5.41, 5.74) is 8.52. The van der Waals surface area contributed by atoms with Crippen molar-refractivity contribution in [3.63, 3.8) is 0 Å². The second-order valence-corrected chi connectivity index (χ2v) is 5.75. The van der Waals surface area contributed by atoms with E-state index in [9.17, 15) is 4.79 Å². The molecular weight excluding hydrogens is 210 g/mol. The van der Waals surface area contributed by atoms with Crippen molar-refractivity contribution in [2.45, 2.75) is 44.9 Å². The van der Waals surface area contributed by atoms with Crippen LogP contribution in [0.15, 0.2) is 23.3 Å². The van der Waals surface area contributed by atoms with Crippen molar-refractivity contribution < 1.29 is 4.79 Å². The van der Waals surface area contributed by atoms with Gasteiger partial charge in [-0.3, -0.25) is 4.79 Å². The number of nitrogens with two attached hydrogens (primary N) is 1. The van der Waals surface area contributed by atoms with Crippen LogP contribution in [0.5, 0.6) is 0 Å². The van der Waals surface area contributed by atoms with Gasteiger partial charge in [0.05, 0.1) is 5.92 Å². The van der Waals surface area contributed by atoms with E-state index < -0.39 is 0 Å². The topological polar surface area (TPSA) is 43.1 Å². The van der Waals surface area contributed by atoms with Crippen molar-refractivity contribution in [3.05, 3.63) is 23.3 Å². The number of primary amides is 1. The summed E-state index contributed by atoms with van der Waals surface area (Å²) in [6.45, 7) is 0. The highest BCUT2D eigenvalue weighted by Gasteiger charge is 2.38. The average molecular weight is 231 g/mol. The molecule has 2 heteroatoms. The molecule has 0 aliphatic heterocycles. The first-order valence-electron chi connectivity index (χ1n) is 6.97. The predicted molar refractivity (Wildman–Crippen MR) is 68.1 cm³/mol. The molecule has 1 amide bonds. The van der Waals surface area contributed by atoms with Crippen LogP contribution in [0, 0.1) is 17.8 Å². The third kappa shape index (κ3) is 1.84. The van der Waals surface area contributed by atoms with Gasteiger partial charge in [0.2, 0.25) is 5.91 Å². The second kappa shape index (κ2) is 4.32. The molecule has 3 aliphatic rings. The summed E-state index contributed by atoms with van der Waals surface area (Å²) in [7, 11) is 0. The quantitative estimate of drug-likeness (QED) is 0.740. The molecule has 0 heterocycles. The lowest BCUT2D eigenvalue weighted by atomic mass is 9.63. The normalized spacial score (nSPS) is 36.4. The van der Waals surface area contributed by atoms with Crippen LogP contribution in [-0.2, 0) is 4.79 Å². The summed E-state index contributed by atoms with van der Waals surface area (Å²) in [5, 5.41) is 0. The number of hydrogen-bond donors (Lipinski definition) is 1. The Morgan fingerprint density at radius 3 is 2.71 bits per heavy atom. The molecule has 2 fully saturated rings. The third-order valence-electron chi connectivity index (χ3n) is 4.86. The highest BCUT2D eigenvalue weighted by molar-refractivity contribution is 5.80. The number of hydrogen-bond acceptors (Lipinski definition) is 1. The van der Waals surface area contributed by atoms with Crippen molar-refractivity contribution in [2.75, 3.05) is 0 Å². The van der Waals surface area contributed by atoms with Crippen molar-refractivity contribution in [1.82, 2.24) is 0 Å². The largest absolute Gasteiger partial charge is 0.369 e. The van der Waals surface area contributed by atoms with E-state index in [0.717, 1.165) is 12.3 Å². The van der Waals surface area contributed by atoms with Gasteiger partial charge in [-0.1, -0.05) is 36.1 Å². The maximum absolute atomic E-state index is 11.5. The van der Waals surface area contributed by atoms with Gasteiger partial charge in [0.25, 0.3) is 0 Å². The SMILES string of the molecule is NC(=O)C1CCCC2C1=CC=C1CCCCC12. The fourth-order valence-electron chi connectivity index (χ4n) is 4.05. The Hall–Kier alpha value is -1.05. The molecule has 0 saturated heterocycles. The summed E-state index contributed by atoms with van der Waals surface area (Å²) in [5.74, 6) is 1.26. The van der Waals surface area contributed by atoms with Crippen LogP contribution in [0.3, 0.4) is 0 Å². The van der Waals surface area contributed by atoms with Gasteiger partial charge in [0.1, 0.15) is 0 Å². The Balaban J connectivity index is 1.93. The number of carbonyl (C=O) groups excluding carboxylic acids is 1. The van der Waals surface area contributed by atoms with Crippen LogP contribution in [0.1, 0.15) is 44.9 Å². The van der Waals surface area contributed by atoms with Crippen LogP contribution in [-0.4, -0.2) is 5.91 Å². The van der Waals surface area contributed by atoms with Crippen LogP contribution in [0.4, 0.5) is 0 Å². The molecule has 2 N–H and O–H groups in total. The van der Waals surface area contributed by atoms with Crippen LogP contribution < -0.4 is 5.73 Å². The zero-order valence-corrected chi connectivity index (χ0v) is 10.3. The minimum absolute atomic E-state index is 0.0217. The standard InChI is InChI=1S/C15H21NO/c16-15(17)14-7-3-6-12-11-5-2-1-4-10(11)8-9-13(12)14/h8-9,11-12,14H,1-7H2,(H2,16,17). The van der Waals surface area contributed by atoms with Crippen LogP contribution in [0.25, 0.3) is 0 Å². The Labute approximate surface area is 103 Å². The Bertz CT molecular complexity index is 394. The van der Waals surface area contributed by atoms with E-state index in [1.54, 1.807) is 5.57 Å². The molecular formula is C15H21NO. The number of rotatable bonds is 1. The number of carbonyl (C=O) groups is 1. The van der Waals surface area contributed by atoms with Gasteiger partial charge in [0.15, 0.2) is 0 Å². The summed E-state index contributed by atoms with van der Waals surface area (Å²) < 4.78 is 0. The van der Waals surface area contributed by atoms with E-state index in [4.69, 9.17) is 5.73 Å². The molecule has 17 heavy (non-hydrogen) atoms. The van der Waals surface area contributed by atoms with Gasteiger partial charge >= 0.3 is 0 Å². The van der Waals surface area contributed by atoms with Gasteiger partial charge in [-0.05, 0) is 43.9 Å². The Kier molecular flexibility index (Phi) is 2.81. The molecule has 3 aliphatic carbocycles. The number of fused-ring (bicyclic) bond motifs is 3. The van der Waals surface area contributed by atoms with Gasteiger partial charge < -0.3 is 5.73 Å². The number of amides is 1. The van der Waals surface area contributed by atoms with Gasteiger partial charge in [-0.25, -0.2) is 0 Å². The summed E-state index contributed by atoms with van der Waals surface area (Å²) in [6, 6.07) is 0. The monoisotopic (exact) mass is 231 g/mol. The zero-order chi connectivity index (χ0) is 11.8. The second-order valence-electron chi connectivity index (χ2n) is 5.75. The van der Waals surface area contributed by atoms with E-state index in [1.807, 2.05) is 0 Å². The molecule has 0 aromatic rings. The Morgan fingerprint density at radius 2 is 1.88 bits per heavy atom. The fraction of sp³-hybridized carbons (Fsp3) is 0.667. The lowest BCUT2D eigenvalue weighted by molar-refractivity contribution is -0.121. The molecule has 2 saturated carbocycles. The maximum atomic E-state index is 11.5. The lowest BCUT2D eigenvalue weighted by Crippen LogP contribution is -2.36. The van der Waals surface area contributed by atoms with E-state index in [-0.39, 0.29) is 11.8 Å². The highest BCUT2D eigenvalue weighted by atomic mass is 16.1. The highest BCUT2D eigenvalue weighted by Crippen LogP contribution is 2.48. The van der Waals surface area contributed by atoms with Crippen LogP contribution in [0.2, 0.25) is 0 Å². The smallest absolute Gasteiger partial charge is 0.224 e. The Morgan fingerprint density at radius 1 is 1.06 bits per heavy atom. The van der Waals surface area contributed by atoms with E-state index in [0.29, 0.717) is 5.92 Å². The van der Waals surface area contributed by atoms with Gasteiger partial charge in [-0.15, -0.1) is 0 Å². The lowest BCUT2D eigenvalue weighted by Gasteiger charge is -2.41. The maximum Gasteiger partial charge on any atom is 0.224 e.